The summed E-state index contributed by atoms with van der Waals surface area (Å²) in [5.41, 5.74) is 7.02. The van der Waals surface area contributed by atoms with E-state index >= 15 is 0 Å². The first-order valence-electron chi connectivity index (χ1n) is 9.27. The molecule has 0 heterocycles. The van der Waals surface area contributed by atoms with Crippen molar-refractivity contribution in [3.8, 4) is 0 Å². The van der Waals surface area contributed by atoms with Crippen molar-refractivity contribution in [3.63, 3.8) is 0 Å². The third-order valence-corrected chi connectivity index (χ3v) is 5.40. The van der Waals surface area contributed by atoms with Gasteiger partial charge in [0.15, 0.2) is 0 Å². The van der Waals surface area contributed by atoms with Crippen LogP contribution in [0, 0.1) is 23.6 Å². The summed E-state index contributed by atoms with van der Waals surface area (Å²) in [6.07, 6.45) is 6.40. The molecule has 0 radical (unpaired) electrons. The molecule has 0 aliphatic heterocycles. The number of hydrogen-bond donors (Lipinski definition) is 1. The van der Waals surface area contributed by atoms with Crippen molar-refractivity contribution in [2.45, 2.75) is 52.5 Å². The molecule has 0 saturated heterocycles. The van der Waals surface area contributed by atoms with Gasteiger partial charge in [-0.05, 0) is 67.7 Å². The van der Waals surface area contributed by atoms with Gasteiger partial charge in [0.25, 0.3) is 0 Å². The van der Waals surface area contributed by atoms with Crippen LogP contribution in [0.5, 0.6) is 0 Å². The van der Waals surface area contributed by atoms with Crippen molar-refractivity contribution in [1.29, 1.82) is 0 Å². The molecule has 1 aromatic rings. The van der Waals surface area contributed by atoms with Gasteiger partial charge in [0.1, 0.15) is 5.82 Å². The first-order valence-corrected chi connectivity index (χ1v) is 9.27. The summed E-state index contributed by atoms with van der Waals surface area (Å²) in [7, 11) is 0. The molecule has 0 bridgehead atoms. The molecule has 1 saturated carbocycles. The van der Waals surface area contributed by atoms with Crippen molar-refractivity contribution in [2.75, 3.05) is 19.6 Å². The topological polar surface area (TPSA) is 29.3 Å². The smallest absolute Gasteiger partial charge is 0.123 e. The second-order valence-electron chi connectivity index (χ2n) is 7.46. The van der Waals surface area contributed by atoms with Crippen LogP contribution in [0.3, 0.4) is 0 Å². The lowest BCUT2D eigenvalue weighted by atomic mass is 9.81. The Labute approximate surface area is 141 Å². The predicted octanol–water partition coefficient (Wildman–Crippen LogP) is 4.44. The molecule has 1 aliphatic rings. The standard InChI is InChI=1S/C20H33FN2/c1-3-16(2)13-23(15-19-8-10-20(21)11-9-19)14-18-6-4-17(12-22)5-7-18/h8-11,16-18H,3-7,12-15,22H2,1-2H3. The lowest BCUT2D eigenvalue weighted by molar-refractivity contribution is 0.158. The number of halogens is 1. The van der Waals surface area contributed by atoms with Crippen molar-refractivity contribution >= 4 is 0 Å². The number of benzene rings is 1. The van der Waals surface area contributed by atoms with Gasteiger partial charge in [0, 0.05) is 19.6 Å². The molecule has 1 unspecified atom stereocenters. The highest BCUT2D eigenvalue weighted by atomic mass is 19.1. The predicted molar refractivity (Wildman–Crippen MR) is 95.6 cm³/mol. The lowest BCUT2D eigenvalue weighted by Gasteiger charge is -2.33. The fraction of sp³-hybridized carbons (Fsp3) is 0.700. The van der Waals surface area contributed by atoms with Crippen molar-refractivity contribution < 1.29 is 4.39 Å². The fourth-order valence-corrected chi connectivity index (χ4v) is 3.64. The highest BCUT2D eigenvalue weighted by Gasteiger charge is 2.22. The fourth-order valence-electron chi connectivity index (χ4n) is 3.64. The molecule has 2 rings (SSSR count). The third kappa shape index (κ3) is 6.23. The zero-order valence-corrected chi connectivity index (χ0v) is 14.8. The minimum Gasteiger partial charge on any atom is -0.330 e. The molecule has 3 heteroatoms. The van der Waals surface area contributed by atoms with Crippen LogP contribution in [0.15, 0.2) is 24.3 Å². The van der Waals surface area contributed by atoms with Crippen molar-refractivity contribution in [1.82, 2.24) is 4.90 Å². The third-order valence-electron chi connectivity index (χ3n) is 5.40. The lowest BCUT2D eigenvalue weighted by Crippen LogP contribution is -2.35. The SMILES string of the molecule is CCC(C)CN(Cc1ccc(F)cc1)CC1CCC(CN)CC1. The van der Waals surface area contributed by atoms with Gasteiger partial charge in [0.05, 0.1) is 0 Å². The minimum atomic E-state index is -0.151. The Bertz CT molecular complexity index is 437. The van der Waals surface area contributed by atoms with Gasteiger partial charge in [-0.2, -0.15) is 0 Å². The summed E-state index contributed by atoms with van der Waals surface area (Å²) in [6.45, 7) is 8.65. The molecular formula is C20H33FN2. The van der Waals surface area contributed by atoms with Gasteiger partial charge in [0.2, 0.25) is 0 Å². The molecule has 0 aromatic heterocycles. The van der Waals surface area contributed by atoms with Crippen LogP contribution < -0.4 is 5.73 Å². The quantitative estimate of drug-likeness (QED) is 0.767. The zero-order chi connectivity index (χ0) is 16.7. The highest BCUT2D eigenvalue weighted by Crippen LogP contribution is 2.29. The monoisotopic (exact) mass is 320 g/mol. The van der Waals surface area contributed by atoms with Crippen LogP contribution in [0.1, 0.15) is 51.5 Å². The maximum absolute atomic E-state index is 13.1. The van der Waals surface area contributed by atoms with E-state index < -0.39 is 0 Å². The van der Waals surface area contributed by atoms with E-state index in [1.54, 1.807) is 12.1 Å². The van der Waals surface area contributed by atoms with Gasteiger partial charge < -0.3 is 5.73 Å². The van der Waals surface area contributed by atoms with E-state index in [2.05, 4.69) is 18.7 Å². The maximum atomic E-state index is 13.1. The van der Waals surface area contributed by atoms with Crippen molar-refractivity contribution in [3.05, 3.63) is 35.6 Å². The Balaban J connectivity index is 1.92. The molecule has 23 heavy (non-hydrogen) atoms. The Morgan fingerprint density at radius 2 is 1.74 bits per heavy atom. The molecule has 1 aliphatic carbocycles. The van der Waals surface area contributed by atoms with E-state index in [0.717, 1.165) is 31.5 Å². The second kappa shape index (κ2) is 9.39. The Kier molecular flexibility index (Phi) is 7.51. The molecule has 1 fully saturated rings. The van der Waals surface area contributed by atoms with Crippen LogP contribution in [-0.4, -0.2) is 24.5 Å². The summed E-state index contributed by atoms with van der Waals surface area (Å²) in [5.74, 6) is 2.09. The van der Waals surface area contributed by atoms with Gasteiger partial charge in [-0.25, -0.2) is 4.39 Å². The summed E-state index contributed by atoms with van der Waals surface area (Å²) in [5, 5.41) is 0. The summed E-state index contributed by atoms with van der Waals surface area (Å²) in [4.78, 5) is 2.58. The minimum absolute atomic E-state index is 0.151. The van der Waals surface area contributed by atoms with Crippen LogP contribution in [-0.2, 0) is 6.54 Å². The summed E-state index contributed by atoms with van der Waals surface area (Å²) < 4.78 is 13.1. The molecule has 0 spiro atoms. The van der Waals surface area contributed by atoms with E-state index in [-0.39, 0.29) is 5.82 Å². The molecule has 1 aromatic carbocycles. The van der Waals surface area contributed by atoms with Crippen LogP contribution in [0.25, 0.3) is 0 Å². The van der Waals surface area contributed by atoms with Gasteiger partial charge in [-0.15, -0.1) is 0 Å². The molecule has 0 amide bonds. The molecule has 1 atom stereocenters. The molecule has 2 N–H and O–H groups in total. The molecule has 2 nitrogen and oxygen atoms in total. The first-order chi connectivity index (χ1) is 11.1. The van der Waals surface area contributed by atoms with E-state index in [9.17, 15) is 4.39 Å². The summed E-state index contributed by atoms with van der Waals surface area (Å²) >= 11 is 0. The van der Waals surface area contributed by atoms with E-state index in [4.69, 9.17) is 5.73 Å². The van der Waals surface area contributed by atoms with Crippen LogP contribution >= 0.6 is 0 Å². The number of hydrogen-bond acceptors (Lipinski definition) is 2. The summed E-state index contributed by atoms with van der Waals surface area (Å²) in [6, 6.07) is 6.99. The normalized spacial score (nSPS) is 23.2. The second-order valence-corrected chi connectivity index (χ2v) is 7.46. The average Bonchev–Trinajstić information content (AvgIpc) is 2.57. The van der Waals surface area contributed by atoms with E-state index in [0.29, 0.717) is 5.92 Å². The highest BCUT2D eigenvalue weighted by molar-refractivity contribution is 5.15. The molecule has 130 valence electrons. The number of nitrogens with two attached hydrogens (primary N) is 1. The maximum Gasteiger partial charge on any atom is 0.123 e. The van der Waals surface area contributed by atoms with Crippen LogP contribution in [0.2, 0.25) is 0 Å². The van der Waals surface area contributed by atoms with Gasteiger partial charge in [-0.3, -0.25) is 4.90 Å². The van der Waals surface area contributed by atoms with Crippen LogP contribution in [0.4, 0.5) is 4.39 Å². The Hall–Kier alpha value is -0.930. The number of nitrogens with zero attached hydrogens (tertiary/aromatic N) is 1. The van der Waals surface area contributed by atoms with Gasteiger partial charge >= 0.3 is 0 Å². The number of rotatable bonds is 8. The van der Waals surface area contributed by atoms with E-state index in [1.165, 1.54) is 44.2 Å². The average molecular weight is 320 g/mol. The zero-order valence-electron chi connectivity index (χ0n) is 14.8. The van der Waals surface area contributed by atoms with E-state index in [1.807, 2.05) is 12.1 Å². The first kappa shape index (κ1) is 18.4. The van der Waals surface area contributed by atoms with Crippen molar-refractivity contribution in [2.24, 2.45) is 23.5 Å². The van der Waals surface area contributed by atoms with Gasteiger partial charge in [-0.1, -0.05) is 32.4 Å². The Morgan fingerprint density at radius 3 is 2.30 bits per heavy atom. The Morgan fingerprint density at radius 1 is 1.13 bits per heavy atom. The largest absolute Gasteiger partial charge is 0.330 e. The molecular weight excluding hydrogens is 287 g/mol.